The van der Waals surface area contributed by atoms with Crippen molar-refractivity contribution in [1.82, 2.24) is 10.2 Å². The number of ether oxygens (including phenoxy) is 1. The predicted octanol–water partition coefficient (Wildman–Crippen LogP) is 4.03. The molecule has 2 N–H and O–H groups in total. The van der Waals surface area contributed by atoms with Crippen molar-refractivity contribution in [3.05, 3.63) is 50.7 Å². The van der Waals surface area contributed by atoms with Crippen LogP contribution in [0.2, 0.25) is 4.34 Å². The van der Waals surface area contributed by atoms with Crippen LogP contribution in [0.5, 0.6) is 0 Å². The van der Waals surface area contributed by atoms with Gasteiger partial charge in [-0.1, -0.05) is 24.6 Å². The topological polar surface area (TPSA) is 70.7 Å². The molecule has 1 aromatic carbocycles. The van der Waals surface area contributed by atoms with Crippen LogP contribution >= 0.6 is 35.6 Å². The Bertz CT molecular complexity index is 958. The fourth-order valence-corrected chi connectivity index (χ4v) is 4.99. The molecule has 0 saturated carbocycles. The number of rotatable bonds is 9. The summed E-state index contributed by atoms with van der Waals surface area (Å²) in [7, 11) is 2.10. The molecule has 32 heavy (non-hydrogen) atoms. The van der Waals surface area contributed by atoms with E-state index < -0.39 is 5.54 Å². The zero-order valence-corrected chi connectivity index (χ0v) is 21.1. The maximum Gasteiger partial charge on any atom is 0.262 e. The van der Waals surface area contributed by atoms with E-state index in [1.54, 1.807) is 12.1 Å². The molecule has 3 rings (SSSR count). The van der Waals surface area contributed by atoms with Crippen LogP contribution < -0.4 is 10.6 Å². The van der Waals surface area contributed by atoms with Gasteiger partial charge in [-0.2, -0.15) is 12.6 Å². The third kappa shape index (κ3) is 6.48. The van der Waals surface area contributed by atoms with Gasteiger partial charge in [-0.15, -0.1) is 11.3 Å². The van der Waals surface area contributed by atoms with E-state index in [4.69, 9.17) is 16.3 Å². The average Bonchev–Trinajstić information content (AvgIpc) is 3.36. The number of nitrogens with one attached hydrogen (secondary N) is 2. The van der Waals surface area contributed by atoms with Gasteiger partial charge in [-0.05, 0) is 55.8 Å². The highest BCUT2D eigenvalue weighted by Gasteiger charge is 2.44. The van der Waals surface area contributed by atoms with Gasteiger partial charge in [0.15, 0.2) is 0 Å². The van der Waals surface area contributed by atoms with Gasteiger partial charge in [-0.3, -0.25) is 9.59 Å². The number of nitrogens with zero attached hydrogens (tertiary/aromatic N) is 1. The molecule has 9 heteroatoms. The molecule has 0 bridgehead atoms. The Morgan fingerprint density at radius 2 is 2.12 bits per heavy atom. The van der Waals surface area contributed by atoms with E-state index in [-0.39, 0.29) is 18.4 Å². The number of benzene rings is 1. The van der Waals surface area contributed by atoms with Gasteiger partial charge in [0.2, 0.25) is 0 Å². The minimum atomic E-state index is -1.10. The zero-order valence-electron chi connectivity index (χ0n) is 18.6. The van der Waals surface area contributed by atoms with Crippen molar-refractivity contribution in [3.63, 3.8) is 0 Å². The minimum absolute atomic E-state index is 0.136. The van der Waals surface area contributed by atoms with Crippen molar-refractivity contribution in [2.75, 3.05) is 38.7 Å². The fraction of sp³-hybridized carbons (Fsp3) is 0.478. The Hall–Kier alpha value is -1.58. The van der Waals surface area contributed by atoms with Gasteiger partial charge < -0.3 is 20.3 Å². The summed E-state index contributed by atoms with van der Waals surface area (Å²) >= 11 is 11.6. The number of aryl methyl sites for hydroxylation is 1. The second kappa shape index (κ2) is 11.0. The molecule has 2 atom stereocenters. The van der Waals surface area contributed by atoms with E-state index in [0.29, 0.717) is 33.2 Å². The Kier molecular flexibility index (Phi) is 8.63. The summed E-state index contributed by atoms with van der Waals surface area (Å²) in [4.78, 5) is 28.6. The smallest absolute Gasteiger partial charge is 0.262 e. The Labute approximate surface area is 204 Å². The molecule has 1 saturated heterocycles. The first kappa shape index (κ1) is 25.1. The van der Waals surface area contributed by atoms with Crippen LogP contribution in [0.4, 0.5) is 5.69 Å². The first-order valence-electron chi connectivity index (χ1n) is 10.6. The lowest BCUT2D eigenvalue weighted by Crippen LogP contribution is -2.57. The highest BCUT2D eigenvalue weighted by molar-refractivity contribution is 7.80. The van der Waals surface area contributed by atoms with Crippen molar-refractivity contribution in [2.24, 2.45) is 0 Å². The van der Waals surface area contributed by atoms with Crippen molar-refractivity contribution < 1.29 is 14.3 Å². The third-order valence-electron chi connectivity index (χ3n) is 5.55. The van der Waals surface area contributed by atoms with Crippen LogP contribution in [-0.4, -0.2) is 60.9 Å². The summed E-state index contributed by atoms with van der Waals surface area (Å²) in [5.74, 6) is -0.602. The van der Waals surface area contributed by atoms with E-state index in [0.717, 1.165) is 25.1 Å². The predicted molar refractivity (Wildman–Crippen MR) is 134 cm³/mol. The standard InChI is InChI=1S/C23H30ClN3O3S2/c1-15-12-18(5-4-17(15)8-10-27(3)13-16(2)31)25-22(29)23(9-11-30-14-23)26-21(28)19-6-7-20(24)32-19/h4-7,12,16,31H,8-11,13-14H2,1-3H3,(H,25,29)(H,26,28)/t16-,23-/m1/s1. The summed E-state index contributed by atoms with van der Waals surface area (Å²) in [6.45, 7) is 6.55. The highest BCUT2D eigenvalue weighted by Crippen LogP contribution is 2.26. The average molecular weight is 496 g/mol. The number of hydrogen-bond donors (Lipinski definition) is 3. The van der Waals surface area contributed by atoms with Crippen LogP contribution in [0, 0.1) is 6.92 Å². The van der Waals surface area contributed by atoms with Crippen molar-refractivity contribution in [1.29, 1.82) is 0 Å². The molecule has 1 fully saturated rings. The first-order chi connectivity index (χ1) is 15.2. The molecule has 2 amide bonds. The van der Waals surface area contributed by atoms with Crippen molar-refractivity contribution in [2.45, 2.75) is 37.5 Å². The second-order valence-electron chi connectivity index (χ2n) is 8.40. The Morgan fingerprint density at radius 3 is 2.72 bits per heavy atom. The fourth-order valence-electron chi connectivity index (χ4n) is 3.77. The number of halogens is 1. The van der Waals surface area contributed by atoms with Crippen LogP contribution in [0.3, 0.4) is 0 Å². The molecule has 0 radical (unpaired) electrons. The van der Waals surface area contributed by atoms with Gasteiger partial charge in [0.05, 0.1) is 15.8 Å². The molecule has 2 heterocycles. The quantitative estimate of drug-likeness (QED) is 0.459. The van der Waals surface area contributed by atoms with E-state index in [2.05, 4.69) is 42.1 Å². The number of carbonyl (C=O) groups excluding carboxylic acids is 2. The van der Waals surface area contributed by atoms with E-state index >= 15 is 0 Å². The SMILES string of the molecule is Cc1cc(NC(=O)[C@@]2(NC(=O)c3ccc(Cl)s3)CCOC2)ccc1CCN(C)C[C@@H](C)S. The summed E-state index contributed by atoms with van der Waals surface area (Å²) in [5, 5.41) is 6.19. The van der Waals surface area contributed by atoms with Gasteiger partial charge in [-0.25, -0.2) is 0 Å². The lowest BCUT2D eigenvalue weighted by Gasteiger charge is -2.27. The molecule has 1 aromatic heterocycles. The Balaban J connectivity index is 1.65. The van der Waals surface area contributed by atoms with Gasteiger partial charge in [0.25, 0.3) is 11.8 Å². The maximum atomic E-state index is 13.2. The largest absolute Gasteiger partial charge is 0.378 e. The summed E-state index contributed by atoms with van der Waals surface area (Å²) in [6.07, 6.45) is 1.34. The molecule has 2 aromatic rings. The van der Waals surface area contributed by atoms with E-state index in [1.807, 2.05) is 25.1 Å². The number of carbonyl (C=O) groups is 2. The lowest BCUT2D eigenvalue weighted by molar-refractivity contribution is -0.122. The van der Waals surface area contributed by atoms with Crippen LogP contribution in [0.15, 0.2) is 30.3 Å². The number of anilines is 1. The second-order valence-corrected chi connectivity index (χ2v) is 11.0. The van der Waals surface area contributed by atoms with Crippen LogP contribution in [0.25, 0.3) is 0 Å². The Morgan fingerprint density at radius 1 is 1.34 bits per heavy atom. The highest BCUT2D eigenvalue weighted by atomic mass is 35.5. The van der Waals surface area contributed by atoms with Crippen LogP contribution in [0.1, 0.15) is 34.1 Å². The van der Waals surface area contributed by atoms with E-state index in [9.17, 15) is 9.59 Å². The number of thiophene rings is 1. The molecule has 174 valence electrons. The van der Waals surface area contributed by atoms with Crippen molar-refractivity contribution in [3.8, 4) is 0 Å². The van der Waals surface area contributed by atoms with Crippen molar-refractivity contribution >= 4 is 53.1 Å². The molecular formula is C23H30ClN3O3S2. The number of hydrogen-bond acceptors (Lipinski definition) is 6. The summed E-state index contributed by atoms with van der Waals surface area (Å²) < 4.78 is 6.00. The van der Waals surface area contributed by atoms with Gasteiger partial charge in [0, 0.05) is 37.1 Å². The first-order valence-corrected chi connectivity index (χ1v) is 12.3. The minimum Gasteiger partial charge on any atom is -0.378 e. The molecule has 1 aliphatic heterocycles. The van der Waals surface area contributed by atoms with E-state index in [1.165, 1.54) is 16.9 Å². The zero-order chi connectivity index (χ0) is 23.3. The molecule has 0 aliphatic carbocycles. The van der Waals surface area contributed by atoms with Crippen LogP contribution in [-0.2, 0) is 16.0 Å². The molecule has 1 aliphatic rings. The molecule has 0 unspecified atom stereocenters. The molecular weight excluding hydrogens is 466 g/mol. The maximum absolute atomic E-state index is 13.2. The third-order valence-corrected chi connectivity index (χ3v) is 6.94. The monoisotopic (exact) mass is 495 g/mol. The number of amides is 2. The normalized spacial score (nSPS) is 19.2. The van der Waals surface area contributed by atoms with Gasteiger partial charge >= 0.3 is 0 Å². The summed E-state index contributed by atoms with van der Waals surface area (Å²) in [6, 6.07) is 9.25. The lowest BCUT2D eigenvalue weighted by atomic mass is 9.96. The van der Waals surface area contributed by atoms with Gasteiger partial charge in [0.1, 0.15) is 5.54 Å². The summed E-state index contributed by atoms with van der Waals surface area (Å²) in [5.41, 5.74) is 1.95. The molecule has 6 nitrogen and oxygen atoms in total. The number of likely N-dealkylation sites (N-methyl/N-ethyl adjacent to an activating group) is 1. The number of thiol groups is 1. The molecule has 0 spiro atoms.